The maximum atomic E-state index is 12.3. The van der Waals surface area contributed by atoms with Gasteiger partial charge in [-0.25, -0.2) is 5.43 Å². The number of rotatable bonds is 5. The highest BCUT2D eigenvalue weighted by molar-refractivity contribution is 14.1. The Bertz CT molecular complexity index is 1230. The molecule has 0 unspecified atom stereocenters. The monoisotopic (exact) mass is 590 g/mol. The number of hydrogen-bond donors (Lipinski definition) is 1. The van der Waals surface area contributed by atoms with E-state index < -0.39 is 0 Å². The fourth-order valence-electron chi connectivity index (χ4n) is 2.77. The lowest BCUT2D eigenvalue weighted by molar-refractivity contribution is 0.0929. The molecule has 0 saturated carbocycles. The van der Waals surface area contributed by atoms with Crippen molar-refractivity contribution in [1.29, 1.82) is 0 Å². The molecule has 0 fully saturated rings. The number of carbonyl (C=O) groups excluding carboxylic acids is 1. The van der Waals surface area contributed by atoms with Crippen molar-refractivity contribution in [2.45, 2.75) is 16.7 Å². The Morgan fingerprint density at radius 3 is 2.43 bits per heavy atom. The first-order valence-corrected chi connectivity index (χ1v) is 11.7. The SMILES string of the molecule is Cc1ccc(Sc2ccc(/C=N\NC(=O)c3cc4cc(Br)cc(I)c4o3)cc2)cc1. The van der Waals surface area contributed by atoms with Crippen LogP contribution in [-0.2, 0) is 0 Å². The molecule has 1 amide bonds. The fraction of sp³-hybridized carbons (Fsp3) is 0.0435. The molecule has 1 aromatic heterocycles. The van der Waals surface area contributed by atoms with Crippen LogP contribution in [0.25, 0.3) is 11.0 Å². The summed E-state index contributed by atoms with van der Waals surface area (Å²) >= 11 is 7.34. The number of fused-ring (bicyclic) bond motifs is 1. The molecule has 4 aromatic rings. The molecule has 0 bridgehead atoms. The predicted octanol–water partition coefficient (Wildman–Crippen LogP) is 7.02. The van der Waals surface area contributed by atoms with Gasteiger partial charge in [-0.2, -0.15) is 5.10 Å². The van der Waals surface area contributed by atoms with Crippen molar-refractivity contribution in [2.75, 3.05) is 0 Å². The molecule has 3 aromatic carbocycles. The van der Waals surface area contributed by atoms with E-state index in [0.717, 1.165) is 23.9 Å². The van der Waals surface area contributed by atoms with Gasteiger partial charge < -0.3 is 4.42 Å². The Morgan fingerprint density at radius 2 is 1.73 bits per heavy atom. The van der Waals surface area contributed by atoms with Crippen molar-refractivity contribution in [1.82, 2.24) is 5.43 Å². The van der Waals surface area contributed by atoms with E-state index in [9.17, 15) is 4.79 Å². The minimum atomic E-state index is -0.388. The first-order chi connectivity index (χ1) is 14.5. The molecule has 0 aliphatic heterocycles. The highest BCUT2D eigenvalue weighted by Crippen LogP contribution is 2.29. The van der Waals surface area contributed by atoms with Gasteiger partial charge in [0.2, 0.25) is 0 Å². The van der Waals surface area contributed by atoms with Crippen LogP contribution in [0.2, 0.25) is 0 Å². The van der Waals surface area contributed by atoms with Gasteiger partial charge in [0.15, 0.2) is 5.76 Å². The average Bonchev–Trinajstić information content (AvgIpc) is 3.15. The van der Waals surface area contributed by atoms with E-state index in [2.05, 4.69) is 80.2 Å². The Hall–Kier alpha value is -2.10. The number of hydrazone groups is 1. The molecule has 0 aliphatic rings. The normalized spacial score (nSPS) is 11.3. The second kappa shape index (κ2) is 9.36. The maximum absolute atomic E-state index is 12.3. The van der Waals surface area contributed by atoms with Crippen LogP contribution >= 0.6 is 50.3 Å². The molecular weight excluding hydrogens is 575 g/mol. The quantitative estimate of drug-likeness (QED) is 0.154. The lowest BCUT2D eigenvalue weighted by Gasteiger charge is -2.02. The van der Waals surface area contributed by atoms with E-state index in [1.807, 2.05) is 36.4 Å². The number of benzene rings is 3. The number of nitrogens with one attached hydrogen (secondary N) is 1. The molecule has 30 heavy (non-hydrogen) atoms. The van der Waals surface area contributed by atoms with Crippen LogP contribution in [0.1, 0.15) is 21.7 Å². The van der Waals surface area contributed by atoms with Crippen LogP contribution in [0.3, 0.4) is 0 Å². The maximum Gasteiger partial charge on any atom is 0.307 e. The summed E-state index contributed by atoms with van der Waals surface area (Å²) < 4.78 is 7.55. The summed E-state index contributed by atoms with van der Waals surface area (Å²) in [5.41, 5.74) is 5.35. The van der Waals surface area contributed by atoms with E-state index >= 15 is 0 Å². The van der Waals surface area contributed by atoms with E-state index in [1.165, 1.54) is 10.5 Å². The van der Waals surface area contributed by atoms with Gasteiger partial charge in [0.05, 0.1) is 9.78 Å². The van der Waals surface area contributed by atoms with Crippen molar-refractivity contribution in [3.63, 3.8) is 0 Å². The predicted molar refractivity (Wildman–Crippen MR) is 133 cm³/mol. The summed E-state index contributed by atoms with van der Waals surface area (Å²) in [5.74, 6) is -0.163. The zero-order valence-corrected chi connectivity index (χ0v) is 20.4. The number of halogens is 2. The summed E-state index contributed by atoms with van der Waals surface area (Å²) in [5, 5.41) is 4.91. The third kappa shape index (κ3) is 5.14. The third-order valence-corrected chi connectivity index (χ3v) is 6.55. The molecule has 0 aliphatic carbocycles. The third-order valence-electron chi connectivity index (χ3n) is 4.28. The second-order valence-corrected chi connectivity index (χ2v) is 9.82. The largest absolute Gasteiger partial charge is 0.450 e. The fourth-order valence-corrected chi connectivity index (χ4v) is 5.25. The smallest absolute Gasteiger partial charge is 0.307 e. The lowest BCUT2D eigenvalue weighted by Crippen LogP contribution is -2.16. The van der Waals surface area contributed by atoms with Crippen LogP contribution in [0.4, 0.5) is 0 Å². The van der Waals surface area contributed by atoms with Gasteiger partial charge in [-0.1, -0.05) is 57.5 Å². The summed E-state index contributed by atoms with van der Waals surface area (Å²) in [6, 6.07) is 22.0. The molecule has 1 N–H and O–H groups in total. The summed E-state index contributed by atoms with van der Waals surface area (Å²) in [6.07, 6.45) is 1.61. The summed E-state index contributed by atoms with van der Waals surface area (Å²) in [4.78, 5) is 14.7. The molecule has 0 radical (unpaired) electrons. The first kappa shape index (κ1) is 21.1. The van der Waals surface area contributed by atoms with Crippen molar-refractivity contribution in [2.24, 2.45) is 5.10 Å². The van der Waals surface area contributed by atoms with Gasteiger partial charge in [-0.3, -0.25) is 4.79 Å². The summed E-state index contributed by atoms with van der Waals surface area (Å²) in [7, 11) is 0. The van der Waals surface area contributed by atoms with Gasteiger partial charge in [0.1, 0.15) is 5.58 Å². The Balaban J connectivity index is 1.38. The van der Waals surface area contributed by atoms with Crippen molar-refractivity contribution in [3.8, 4) is 0 Å². The Morgan fingerprint density at radius 1 is 1.07 bits per heavy atom. The number of amides is 1. The molecule has 150 valence electrons. The highest BCUT2D eigenvalue weighted by atomic mass is 127. The molecule has 0 atom stereocenters. The van der Waals surface area contributed by atoms with Gasteiger partial charge in [0, 0.05) is 19.6 Å². The van der Waals surface area contributed by atoms with Crippen molar-refractivity contribution < 1.29 is 9.21 Å². The van der Waals surface area contributed by atoms with Crippen LogP contribution in [0, 0.1) is 10.5 Å². The molecule has 0 spiro atoms. The van der Waals surface area contributed by atoms with Gasteiger partial charge in [-0.15, -0.1) is 0 Å². The Kier molecular flexibility index (Phi) is 6.60. The van der Waals surface area contributed by atoms with Gasteiger partial charge >= 0.3 is 5.91 Å². The van der Waals surface area contributed by atoms with E-state index in [4.69, 9.17) is 4.42 Å². The average molecular weight is 591 g/mol. The van der Waals surface area contributed by atoms with E-state index in [0.29, 0.717) is 5.58 Å². The first-order valence-electron chi connectivity index (χ1n) is 9.04. The highest BCUT2D eigenvalue weighted by Gasteiger charge is 2.14. The molecule has 4 rings (SSSR count). The molecule has 7 heteroatoms. The molecular formula is C23H16BrIN2O2S. The van der Waals surface area contributed by atoms with Crippen LogP contribution < -0.4 is 5.43 Å². The van der Waals surface area contributed by atoms with Gasteiger partial charge in [-0.05, 0) is 77.5 Å². The lowest BCUT2D eigenvalue weighted by atomic mass is 10.2. The molecule has 4 nitrogen and oxygen atoms in total. The summed E-state index contributed by atoms with van der Waals surface area (Å²) in [6.45, 7) is 2.08. The van der Waals surface area contributed by atoms with Crippen molar-refractivity contribution >= 4 is 73.4 Å². The van der Waals surface area contributed by atoms with E-state index in [1.54, 1.807) is 24.0 Å². The molecule has 1 heterocycles. The minimum absolute atomic E-state index is 0.225. The number of aryl methyl sites for hydroxylation is 1. The number of carbonyl (C=O) groups is 1. The second-order valence-electron chi connectivity index (χ2n) is 6.60. The minimum Gasteiger partial charge on any atom is -0.450 e. The zero-order valence-electron chi connectivity index (χ0n) is 15.9. The number of nitrogens with zero attached hydrogens (tertiary/aromatic N) is 1. The van der Waals surface area contributed by atoms with Gasteiger partial charge in [0.25, 0.3) is 0 Å². The number of furan rings is 1. The standard InChI is InChI=1S/C23H16BrIN2O2S/c1-14-2-6-18(7-3-14)30-19-8-4-15(5-9-19)13-26-27-23(28)21-11-16-10-17(24)12-20(25)22(16)29-21/h2-13H,1H3,(H,27,28)/b26-13-. The van der Waals surface area contributed by atoms with Crippen LogP contribution in [0.5, 0.6) is 0 Å². The van der Waals surface area contributed by atoms with Crippen LogP contribution in [-0.4, -0.2) is 12.1 Å². The number of hydrogen-bond acceptors (Lipinski definition) is 4. The zero-order chi connectivity index (χ0) is 21.1. The van der Waals surface area contributed by atoms with E-state index in [-0.39, 0.29) is 11.7 Å². The Labute approximate surface area is 200 Å². The molecule has 0 saturated heterocycles. The topological polar surface area (TPSA) is 54.6 Å². The van der Waals surface area contributed by atoms with Crippen molar-refractivity contribution in [3.05, 3.63) is 91.7 Å². The van der Waals surface area contributed by atoms with Crippen LogP contribution in [0.15, 0.2) is 90.5 Å².